The first-order valence-electron chi connectivity index (χ1n) is 10.5. The van der Waals surface area contributed by atoms with Crippen LogP contribution >= 0.6 is 0 Å². The van der Waals surface area contributed by atoms with E-state index in [2.05, 4.69) is 10.3 Å². The Kier molecular flexibility index (Phi) is 5.37. The number of aromatic nitrogens is 2. The fourth-order valence-corrected chi connectivity index (χ4v) is 3.61. The van der Waals surface area contributed by atoms with Gasteiger partial charge in [0.25, 0.3) is 5.91 Å². The van der Waals surface area contributed by atoms with E-state index in [1.807, 2.05) is 60.1 Å². The topological polar surface area (TPSA) is 74.1 Å². The van der Waals surface area contributed by atoms with Crippen LogP contribution in [0.1, 0.15) is 34.6 Å². The van der Waals surface area contributed by atoms with Gasteiger partial charge in [0.05, 0.1) is 11.7 Å². The van der Waals surface area contributed by atoms with Crippen molar-refractivity contribution in [2.24, 2.45) is 0 Å². The molecule has 7 heteroatoms. The van der Waals surface area contributed by atoms with E-state index in [1.165, 1.54) is 0 Å². The molecule has 0 unspecified atom stereocenters. The second kappa shape index (κ2) is 8.63. The molecule has 1 N–H and O–H groups in total. The predicted molar refractivity (Wildman–Crippen MR) is 119 cm³/mol. The van der Waals surface area contributed by atoms with Crippen molar-refractivity contribution in [1.29, 1.82) is 0 Å². The van der Waals surface area contributed by atoms with Crippen LogP contribution in [-0.4, -0.2) is 28.5 Å². The van der Waals surface area contributed by atoms with Crippen molar-refractivity contribution in [3.05, 3.63) is 89.9 Å². The lowest BCUT2D eigenvalue weighted by Gasteiger charge is -2.21. The van der Waals surface area contributed by atoms with Gasteiger partial charge in [-0.1, -0.05) is 12.1 Å². The van der Waals surface area contributed by atoms with E-state index in [0.717, 1.165) is 22.7 Å². The van der Waals surface area contributed by atoms with Gasteiger partial charge in [0.15, 0.2) is 11.5 Å². The summed E-state index contributed by atoms with van der Waals surface area (Å²) in [5.74, 6) is 1.97. The van der Waals surface area contributed by atoms with Crippen LogP contribution in [0.3, 0.4) is 0 Å². The summed E-state index contributed by atoms with van der Waals surface area (Å²) in [6.07, 6.45) is 3.89. The average molecular weight is 429 g/mol. The third kappa shape index (κ3) is 4.23. The molecule has 0 fully saturated rings. The van der Waals surface area contributed by atoms with Crippen molar-refractivity contribution in [2.45, 2.75) is 19.6 Å². The van der Waals surface area contributed by atoms with Gasteiger partial charge >= 0.3 is 0 Å². The lowest BCUT2D eigenvalue weighted by atomic mass is 10.1. The Balaban J connectivity index is 1.19. The molecule has 0 spiro atoms. The number of ether oxygens (including phenoxy) is 3. The molecule has 0 radical (unpaired) electrons. The Labute approximate surface area is 185 Å². The Morgan fingerprint density at radius 2 is 1.91 bits per heavy atom. The molecule has 1 aliphatic heterocycles. The zero-order chi connectivity index (χ0) is 21.9. The summed E-state index contributed by atoms with van der Waals surface area (Å²) in [5, 5.41) is 3.02. The van der Waals surface area contributed by atoms with Crippen LogP contribution in [0.4, 0.5) is 0 Å². The molecule has 1 atom stereocenters. The van der Waals surface area contributed by atoms with E-state index in [0.29, 0.717) is 36.9 Å². The van der Waals surface area contributed by atoms with E-state index < -0.39 is 0 Å². The number of pyridine rings is 1. The van der Waals surface area contributed by atoms with Crippen molar-refractivity contribution in [3.63, 3.8) is 0 Å². The second-order valence-corrected chi connectivity index (χ2v) is 7.61. The summed E-state index contributed by atoms with van der Waals surface area (Å²) in [5.41, 5.74) is 3.24. The van der Waals surface area contributed by atoms with Crippen LogP contribution in [0.5, 0.6) is 17.2 Å². The van der Waals surface area contributed by atoms with Gasteiger partial charge in [-0.3, -0.25) is 4.79 Å². The Morgan fingerprint density at radius 3 is 2.72 bits per heavy atom. The second-order valence-electron chi connectivity index (χ2n) is 7.61. The summed E-state index contributed by atoms with van der Waals surface area (Å²) in [7, 11) is 0. The fourth-order valence-electron chi connectivity index (χ4n) is 3.61. The highest BCUT2D eigenvalue weighted by atomic mass is 16.6. The van der Waals surface area contributed by atoms with Crippen LogP contribution in [0.15, 0.2) is 73.1 Å². The first-order chi connectivity index (χ1) is 15.7. The first-order valence-corrected chi connectivity index (χ1v) is 10.5. The normalized spacial score (nSPS) is 13.5. The summed E-state index contributed by atoms with van der Waals surface area (Å²) >= 11 is 0. The molecule has 3 heterocycles. The van der Waals surface area contributed by atoms with Gasteiger partial charge in [0.2, 0.25) is 0 Å². The summed E-state index contributed by atoms with van der Waals surface area (Å²) in [6.45, 7) is 3.38. The number of hydrogen-bond acceptors (Lipinski definition) is 5. The molecule has 4 aromatic rings. The zero-order valence-corrected chi connectivity index (χ0v) is 17.7. The maximum Gasteiger partial charge on any atom is 0.251 e. The van der Waals surface area contributed by atoms with Crippen molar-refractivity contribution >= 4 is 11.6 Å². The smallest absolute Gasteiger partial charge is 0.251 e. The van der Waals surface area contributed by atoms with Crippen molar-refractivity contribution in [3.8, 4) is 17.2 Å². The molecule has 7 nitrogen and oxygen atoms in total. The molecule has 0 saturated heterocycles. The number of amides is 1. The molecular formula is C25H23N3O4. The molecule has 2 aromatic heterocycles. The third-order valence-corrected chi connectivity index (χ3v) is 5.33. The minimum atomic E-state index is -0.177. The quantitative estimate of drug-likeness (QED) is 0.498. The highest BCUT2D eigenvalue weighted by Crippen LogP contribution is 2.32. The molecule has 0 bridgehead atoms. The van der Waals surface area contributed by atoms with Gasteiger partial charge in [-0.25, -0.2) is 4.98 Å². The number of fused-ring (bicyclic) bond motifs is 2. The Morgan fingerprint density at radius 1 is 1.09 bits per heavy atom. The van der Waals surface area contributed by atoms with Crippen molar-refractivity contribution in [2.75, 3.05) is 13.2 Å². The van der Waals surface area contributed by atoms with Crippen molar-refractivity contribution < 1.29 is 19.0 Å². The van der Waals surface area contributed by atoms with E-state index in [-0.39, 0.29) is 11.9 Å². The summed E-state index contributed by atoms with van der Waals surface area (Å²) in [4.78, 5) is 17.2. The monoisotopic (exact) mass is 429 g/mol. The van der Waals surface area contributed by atoms with Crippen LogP contribution in [-0.2, 0) is 6.61 Å². The number of carbonyl (C=O) groups excluding carboxylic acids is 1. The third-order valence-electron chi connectivity index (χ3n) is 5.33. The minimum absolute atomic E-state index is 0.153. The summed E-state index contributed by atoms with van der Waals surface area (Å²) < 4.78 is 19.0. The number of imidazole rings is 1. The van der Waals surface area contributed by atoms with Crippen molar-refractivity contribution in [1.82, 2.24) is 14.7 Å². The van der Waals surface area contributed by atoms with E-state index in [4.69, 9.17) is 14.2 Å². The summed E-state index contributed by atoms with van der Waals surface area (Å²) in [6, 6.07) is 18.5. The lowest BCUT2D eigenvalue weighted by molar-refractivity contribution is 0.0939. The first kappa shape index (κ1) is 19.9. The van der Waals surface area contributed by atoms with Crippen LogP contribution in [0, 0.1) is 0 Å². The predicted octanol–water partition coefficient (Wildman–Crippen LogP) is 4.18. The largest absolute Gasteiger partial charge is 0.487 e. The van der Waals surface area contributed by atoms with Gasteiger partial charge in [-0.05, 0) is 61.0 Å². The Hall–Kier alpha value is -4.00. The molecular weight excluding hydrogens is 406 g/mol. The van der Waals surface area contributed by atoms with Gasteiger partial charge in [-0.2, -0.15) is 0 Å². The number of benzene rings is 2. The zero-order valence-electron chi connectivity index (χ0n) is 17.7. The van der Waals surface area contributed by atoms with E-state index in [9.17, 15) is 4.79 Å². The molecule has 162 valence electrons. The molecule has 0 aliphatic carbocycles. The van der Waals surface area contributed by atoms with Gasteiger partial charge < -0.3 is 23.9 Å². The highest BCUT2D eigenvalue weighted by molar-refractivity contribution is 5.94. The Bertz CT molecular complexity index is 1220. The SMILES string of the molecule is C[C@@H](NC(=O)c1ccc(OCc2cn3ccccc3n2)cc1)c1ccc2c(c1)OCCO2. The number of nitrogens with zero attached hydrogens (tertiary/aromatic N) is 2. The number of nitrogens with one attached hydrogen (secondary N) is 1. The maximum absolute atomic E-state index is 12.7. The standard InChI is InChI=1S/C25H23N3O4/c1-17(19-7-10-22-23(14-19)31-13-12-30-22)26-25(29)18-5-8-21(9-6-18)32-16-20-15-28-11-3-2-4-24(28)27-20/h2-11,14-15,17H,12-13,16H2,1H3,(H,26,29)/t17-/m1/s1. The average Bonchev–Trinajstić information content (AvgIpc) is 3.26. The molecule has 1 aliphatic rings. The maximum atomic E-state index is 12.7. The molecule has 32 heavy (non-hydrogen) atoms. The number of carbonyl (C=O) groups is 1. The highest BCUT2D eigenvalue weighted by Gasteiger charge is 2.16. The van der Waals surface area contributed by atoms with Crippen LogP contribution in [0.2, 0.25) is 0 Å². The van der Waals surface area contributed by atoms with Gasteiger partial charge in [0.1, 0.15) is 31.2 Å². The van der Waals surface area contributed by atoms with Gasteiger partial charge in [-0.15, -0.1) is 0 Å². The minimum Gasteiger partial charge on any atom is -0.487 e. The lowest BCUT2D eigenvalue weighted by Crippen LogP contribution is -2.26. The van der Waals surface area contributed by atoms with E-state index in [1.54, 1.807) is 24.3 Å². The number of hydrogen-bond donors (Lipinski definition) is 1. The molecule has 5 rings (SSSR count). The van der Waals surface area contributed by atoms with E-state index >= 15 is 0 Å². The molecule has 1 amide bonds. The fraction of sp³-hybridized carbons (Fsp3) is 0.200. The van der Waals surface area contributed by atoms with Crippen LogP contribution < -0.4 is 19.5 Å². The van der Waals surface area contributed by atoms with Crippen LogP contribution in [0.25, 0.3) is 5.65 Å². The number of rotatable bonds is 6. The van der Waals surface area contributed by atoms with Gasteiger partial charge in [0, 0.05) is 18.0 Å². The molecule has 0 saturated carbocycles. The molecule has 2 aromatic carbocycles.